The van der Waals surface area contributed by atoms with Crippen LogP contribution < -0.4 is 10.5 Å². The Morgan fingerprint density at radius 2 is 1.96 bits per heavy atom. The maximum Gasteiger partial charge on any atom is 0.331 e. The van der Waals surface area contributed by atoms with Gasteiger partial charge in [-0.1, -0.05) is 12.1 Å². The summed E-state index contributed by atoms with van der Waals surface area (Å²) >= 11 is 0. The van der Waals surface area contributed by atoms with Gasteiger partial charge in [0.2, 0.25) is 10.0 Å². The van der Waals surface area contributed by atoms with Crippen molar-refractivity contribution < 1.29 is 27.2 Å². The van der Waals surface area contributed by atoms with Gasteiger partial charge in [0, 0.05) is 6.08 Å². The van der Waals surface area contributed by atoms with Gasteiger partial charge in [-0.3, -0.25) is 4.79 Å². The van der Waals surface area contributed by atoms with E-state index in [0.29, 0.717) is 11.3 Å². The second-order valence-electron chi connectivity index (χ2n) is 5.29. The number of nitrogens with one attached hydrogen (secondary N) is 1. The molecule has 2 rings (SSSR count). The molecular formula is C17H18N2O6S. The zero-order chi connectivity index (χ0) is 19.2. The molecule has 0 unspecified atom stereocenters. The molecule has 26 heavy (non-hydrogen) atoms. The minimum Gasteiger partial charge on any atom is -0.468 e. The molecule has 0 bridgehead atoms. The summed E-state index contributed by atoms with van der Waals surface area (Å²) in [5, 5.41) is 0. The van der Waals surface area contributed by atoms with E-state index in [0.717, 1.165) is 6.08 Å². The van der Waals surface area contributed by atoms with Gasteiger partial charge in [0.15, 0.2) is 6.10 Å². The molecule has 0 aliphatic rings. The van der Waals surface area contributed by atoms with Crippen LogP contribution in [0.3, 0.4) is 0 Å². The zero-order valence-electron chi connectivity index (χ0n) is 13.9. The molecular weight excluding hydrogens is 360 g/mol. The standard InChI is InChI=1S/C17H18N2O6S/c1-12(17(18)21)25-16(20)9-6-13-4-7-15(8-5-13)26(22,23)19-11-14-3-2-10-24-14/h2-10,12,19H,11H2,1H3,(H2,18,21)/b9-6+/t12-/m1/s1. The Labute approximate surface area is 150 Å². The third-order valence-electron chi connectivity index (χ3n) is 3.31. The van der Waals surface area contributed by atoms with Crippen LogP contribution in [0.5, 0.6) is 0 Å². The van der Waals surface area contributed by atoms with Gasteiger partial charge >= 0.3 is 5.97 Å². The predicted molar refractivity (Wildman–Crippen MR) is 93.0 cm³/mol. The lowest BCUT2D eigenvalue weighted by molar-refractivity contribution is -0.148. The van der Waals surface area contributed by atoms with Crippen molar-refractivity contribution in [3.8, 4) is 0 Å². The van der Waals surface area contributed by atoms with Crippen LogP contribution in [0.25, 0.3) is 6.08 Å². The first kappa shape index (κ1) is 19.4. The minimum atomic E-state index is -3.69. The summed E-state index contributed by atoms with van der Waals surface area (Å²) in [6, 6.07) is 9.20. The number of ether oxygens (including phenoxy) is 1. The van der Waals surface area contributed by atoms with Crippen LogP contribution in [0.15, 0.2) is 58.1 Å². The van der Waals surface area contributed by atoms with Crippen LogP contribution in [-0.4, -0.2) is 26.4 Å². The molecule has 0 radical (unpaired) electrons. The first-order valence-corrected chi connectivity index (χ1v) is 9.06. The topological polar surface area (TPSA) is 129 Å². The highest BCUT2D eigenvalue weighted by molar-refractivity contribution is 7.89. The van der Waals surface area contributed by atoms with Crippen LogP contribution >= 0.6 is 0 Å². The Bertz CT molecular complexity index is 886. The van der Waals surface area contributed by atoms with Crippen molar-refractivity contribution in [2.75, 3.05) is 0 Å². The van der Waals surface area contributed by atoms with Crippen molar-refractivity contribution in [1.29, 1.82) is 0 Å². The van der Waals surface area contributed by atoms with Gasteiger partial charge in [0.25, 0.3) is 5.91 Å². The van der Waals surface area contributed by atoms with Crippen LogP contribution in [-0.2, 0) is 30.9 Å². The number of rotatable bonds is 8. The van der Waals surface area contributed by atoms with Gasteiger partial charge in [-0.25, -0.2) is 17.9 Å². The molecule has 1 amide bonds. The third-order valence-corrected chi connectivity index (χ3v) is 4.73. The monoisotopic (exact) mass is 378 g/mol. The number of hydrogen-bond acceptors (Lipinski definition) is 6. The zero-order valence-corrected chi connectivity index (χ0v) is 14.7. The van der Waals surface area contributed by atoms with E-state index in [1.165, 1.54) is 43.5 Å². The lowest BCUT2D eigenvalue weighted by atomic mass is 10.2. The fourth-order valence-corrected chi connectivity index (χ4v) is 2.85. The van der Waals surface area contributed by atoms with Crippen LogP contribution in [0, 0.1) is 0 Å². The van der Waals surface area contributed by atoms with Crippen molar-refractivity contribution in [3.63, 3.8) is 0 Å². The lowest BCUT2D eigenvalue weighted by Gasteiger charge is -2.07. The second kappa shape index (κ2) is 8.45. The first-order valence-electron chi connectivity index (χ1n) is 7.58. The molecule has 1 aromatic heterocycles. The average Bonchev–Trinajstić information content (AvgIpc) is 3.12. The van der Waals surface area contributed by atoms with E-state index < -0.39 is 28.0 Å². The average molecular weight is 378 g/mol. The Morgan fingerprint density at radius 1 is 1.27 bits per heavy atom. The summed E-state index contributed by atoms with van der Waals surface area (Å²) in [7, 11) is -3.69. The molecule has 9 heteroatoms. The van der Waals surface area contributed by atoms with E-state index in [1.807, 2.05) is 0 Å². The molecule has 3 N–H and O–H groups in total. The van der Waals surface area contributed by atoms with E-state index in [1.54, 1.807) is 12.1 Å². The number of nitrogens with two attached hydrogens (primary N) is 1. The summed E-state index contributed by atoms with van der Waals surface area (Å²) in [5.74, 6) is -0.978. The Kier molecular flexibility index (Phi) is 6.31. The molecule has 0 fully saturated rings. The summed E-state index contributed by atoms with van der Waals surface area (Å²) in [6.45, 7) is 1.41. The Morgan fingerprint density at radius 3 is 2.54 bits per heavy atom. The van der Waals surface area contributed by atoms with E-state index in [4.69, 9.17) is 14.9 Å². The Hall–Kier alpha value is -2.91. The quantitative estimate of drug-likeness (QED) is 0.524. The molecule has 1 heterocycles. The molecule has 1 atom stereocenters. The number of primary amides is 1. The fraction of sp³-hybridized carbons (Fsp3) is 0.176. The summed E-state index contributed by atoms with van der Waals surface area (Å²) in [6.07, 6.45) is 2.99. The second-order valence-corrected chi connectivity index (χ2v) is 7.05. The molecule has 0 saturated carbocycles. The molecule has 0 aliphatic heterocycles. The maximum atomic E-state index is 12.2. The maximum absolute atomic E-state index is 12.2. The van der Waals surface area contributed by atoms with E-state index >= 15 is 0 Å². The summed E-state index contributed by atoms with van der Waals surface area (Å²) in [4.78, 5) is 22.4. The lowest BCUT2D eigenvalue weighted by Crippen LogP contribution is -2.29. The minimum absolute atomic E-state index is 0.0425. The number of carbonyl (C=O) groups excluding carboxylic acids is 2. The number of benzene rings is 1. The number of furan rings is 1. The summed E-state index contributed by atoms with van der Waals surface area (Å²) < 4.78 is 36.7. The van der Waals surface area contributed by atoms with Gasteiger partial charge in [-0.2, -0.15) is 0 Å². The van der Waals surface area contributed by atoms with E-state index in [9.17, 15) is 18.0 Å². The number of carbonyl (C=O) groups is 2. The Balaban J connectivity index is 1.97. The van der Waals surface area contributed by atoms with Gasteiger partial charge < -0.3 is 14.9 Å². The highest BCUT2D eigenvalue weighted by Crippen LogP contribution is 2.13. The molecule has 138 valence electrons. The molecule has 0 aliphatic carbocycles. The van der Waals surface area contributed by atoms with Crippen molar-refractivity contribution in [1.82, 2.24) is 4.72 Å². The molecule has 0 saturated heterocycles. The number of esters is 1. The van der Waals surface area contributed by atoms with E-state index in [2.05, 4.69) is 4.72 Å². The highest BCUT2D eigenvalue weighted by Gasteiger charge is 2.14. The number of sulfonamides is 1. The largest absolute Gasteiger partial charge is 0.468 e. The van der Waals surface area contributed by atoms with Gasteiger partial charge in [-0.05, 0) is 42.8 Å². The van der Waals surface area contributed by atoms with Crippen LogP contribution in [0.4, 0.5) is 0 Å². The number of hydrogen-bond donors (Lipinski definition) is 2. The first-order chi connectivity index (χ1) is 12.3. The van der Waals surface area contributed by atoms with Crippen LogP contribution in [0.2, 0.25) is 0 Å². The fourth-order valence-electron chi connectivity index (χ4n) is 1.86. The number of amides is 1. The predicted octanol–water partition coefficient (Wildman–Crippen LogP) is 1.19. The molecule has 2 aromatic rings. The van der Waals surface area contributed by atoms with Crippen molar-refractivity contribution in [2.45, 2.75) is 24.5 Å². The molecule has 0 spiro atoms. The third kappa shape index (κ3) is 5.57. The SMILES string of the molecule is C[C@@H](OC(=O)/C=C/c1ccc(S(=O)(=O)NCc2ccco2)cc1)C(N)=O. The molecule has 1 aromatic carbocycles. The van der Waals surface area contributed by atoms with Gasteiger partial charge in [-0.15, -0.1) is 0 Å². The van der Waals surface area contributed by atoms with Crippen LogP contribution in [0.1, 0.15) is 18.2 Å². The van der Waals surface area contributed by atoms with Crippen molar-refractivity contribution in [2.24, 2.45) is 5.73 Å². The normalized spacial score (nSPS) is 12.8. The highest BCUT2D eigenvalue weighted by atomic mass is 32.2. The van der Waals surface area contributed by atoms with Gasteiger partial charge in [0.05, 0.1) is 17.7 Å². The molecule has 8 nitrogen and oxygen atoms in total. The van der Waals surface area contributed by atoms with Crippen molar-refractivity contribution >= 4 is 28.0 Å². The summed E-state index contributed by atoms with van der Waals surface area (Å²) in [5.41, 5.74) is 5.58. The van der Waals surface area contributed by atoms with E-state index in [-0.39, 0.29) is 11.4 Å². The van der Waals surface area contributed by atoms with Crippen molar-refractivity contribution in [3.05, 3.63) is 60.1 Å². The van der Waals surface area contributed by atoms with Gasteiger partial charge in [0.1, 0.15) is 5.76 Å². The smallest absolute Gasteiger partial charge is 0.331 e.